The van der Waals surface area contributed by atoms with Crippen LogP contribution >= 0.6 is 0 Å². The summed E-state index contributed by atoms with van der Waals surface area (Å²) >= 11 is 0. The average molecular weight is 379 g/mol. The summed E-state index contributed by atoms with van der Waals surface area (Å²) in [6.45, 7) is 0.537. The summed E-state index contributed by atoms with van der Waals surface area (Å²) in [4.78, 5) is 31.2. The highest BCUT2D eigenvalue weighted by atomic mass is 16.5. The lowest BCUT2D eigenvalue weighted by molar-refractivity contribution is -0.141. The predicted octanol–water partition coefficient (Wildman–Crippen LogP) is 2.74. The SMILES string of the molecule is COC(=O)Cn1c([C@H]2CC(=O)N(c3ccccc3OC)C2)nc2ccccc21. The van der Waals surface area contributed by atoms with Crippen molar-refractivity contribution in [3.05, 3.63) is 54.4 Å². The standard InChI is InChI=1S/C21H21N3O4/c1-27-18-10-6-5-9-17(18)23-12-14(11-19(23)25)21-22-15-7-3-4-8-16(15)24(21)13-20(26)28-2/h3-10,14H,11-13H2,1-2H3/t14-/m0/s1. The summed E-state index contributed by atoms with van der Waals surface area (Å²) in [5.41, 5.74) is 2.39. The zero-order valence-electron chi connectivity index (χ0n) is 15.8. The van der Waals surface area contributed by atoms with Gasteiger partial charge in [-0.05, 0) is 24.3 Å². The van der Waals surface area contributed by atoms with E-state index in [4.69, 9.17) is 14.5 Å². The van der Waals surface area contributed by atoms with E-state index in [2.05, 4.69) is 0 Å². The van der Waals surface area contributed by atoms with Gasteiger partial charge in [-0.15, -0.1) is 0 Å². The van der Waals surface area contributed by atoms with Gasteiger partial charge in [-0.2, -0.15) is 0 Å². The topological polar surface area (TPSA) is 73.7 Å². The molecule has 144 valence electrons. The largest absolute Gasteiger partial charge is 0.495 e. The van der Waals surface area contributed by atoms with Crippen LogP contribution in [0.25, 0.3) is 11.0 Å². The molecule has 0 unspecified atom stereocenters. The molecule has 0 N–H and O–H groups in total. The molecule has 2 heterocycles. The molecule has 2 aromatic carbocycles. The van der Waals surface area contributed by atoms with E-state index >= 15 is 0 Å². The van der Waals surface area contributed by atoms with Gasteiger partial charge in [0, 0.05) is 18.9 Å². The Labute approximate surface area is 162 Å². The normalized spacial score (nSPS) is 16.6. The molecule has 7 nitrogen and oxygen atoms in total. The maximum atomic E-state index is 12.8. The maximum Gasteiger partial charge on any atom is 0.325 e. The molecule has 0 radical (unpaired) electrons. The number of imidazole rings is 1. The van der Waals surface area contributed by atoms with E-state index in [-0.39, 0.29) is 24.3 Å². The number of amides is 1. The molecule has 1 saturated heterocycles. The smallest absolute Gasteiger partial charge is 0.325 e. The third-order valence-corrected chi connectivity index (χ3v) is 5.07. The minimum Gasteiger partial charge on any atom is -0.495 e. The maximum absolute atomic E-state index is 12.8. The number of methoxy groups -OCH3 is 2. The highest BCUT2D eigenvalue weighted by Gasteiger charge is 2.36. The van der Waals surface area contributed by atoms with Crippen LogP contribution in [0.15, 0.2) is 48.5 Å². The van der Waals surface area contributed by atoms with Gasteiger partial charge < -0.3 is 18.9 Å². The molecule has 3 aromatic rings. The van der Waals surface area contributed by atoms with Crippen molar-refractivity contribution in [2.75, 3.05) is 25.7 Å². The predicted molar refractivity (Wildman–Crippen MR) is 104 cm³/mol. The number of aromatic nitrogens is 2. The molecule has 0 saturated carbocycles. The van der Waals surface area contributed by atoms with Crippen LogP contribution < -0.4 is 9.64 Å². The molecule has 28 heavy (non-hydrogen) atoms. The van der Waals surface area contributed by atoms with Gasteiger partial charge in [0.25, 0.3) is 0 Å². The van der Waals surface area contributed by atoms with E-state index in [0.29, 0.717) is 18.7 Å². The Bertz CT molecular complexity index is 1040. The van der Waals surface area contributed by atoms with Crippen LogP contribution in [0.2, 0.25) is 0 Å². The number of anilines is 1. The summed E-state index contributed by atoms with van der Waals surface area (Å²) in [7, 11) is 2.95. The highest BCUT2D eigenvalue weighted by molar-refractivity contribution is 5.98. The Morgan fingerprint density at radius 2 is 1.89 bits per heavy atom. The summed E-state index contributed by atoms with van der Waals surface area (Å²) in [6, 6.07) is 15.1. The van der Waals surface area contributed by atoms with Crippen molar-refractivity contribution >= 4 is 28.6 Å². The minimum atomic E-state index is -0.352. The van der Waals surface area contributed by atoms with E-state index in [0.717, 1.165) is 22.5 Å². The van der Waals surface area contributed by atoms with Gasteiger partial charge in [0.1, 0.15) is 18.1 Å². The first-order chi connectivity index (χ1) is 13.6. The first kappa shape index (κ1) is 18.0. The van der Waals surface area contributed by atoms with Crippen molar-refractivity contribution in [2.24, 2.45) is 0 Å². The fourth-order valence-electron chi connectivity index (χ4n) is 3.73. The Morgan fingerprint density at radius 3 is 2.68 bits per heavy atom. The molecular formula is C21H21N3O4. The van der Waals surface area contributed by atoms with Crippen molar-refractivity contribution < 1.29 is 19.1 Å². The minimum absolute atomic E-state index is 0.00572. The number of carbonyl (C=O) groups is 2. The Morgan fingerprint density at radius 1 is 1.14 bits per heavy atom. The molecule has 1 atom stereocenters. The number of hydrogen-bond donors (Lipinski definition) is 0. The number of fused-ring (bicyclic) bond motifs is 1. The third-order valence-electron chi connectivity index (χ3n) is 5.07. The second kappa shape index (κ2) is 7.34. The van der Waals surface area contributed by atoms with Crippen molar-refractivity contribution in [1.82, 2.24) is 9.55 Å². The van der Waals surface area contributed by atoms with Crippen LogP contribution in [0.3, 0.4) is 0 Å². The molecular weight excluding hydrogens is 358 g/mol. The molecule has 1 amide bonds. The molecule has 0 bridgehead atoms. The summed E-state index contributed by atoms with van der Waals surface area (Å²) in [6.07, 6.45) is 0.322. The van der Waals surface area contributed by atoms with E-state index in [1.165, 1.54) is 7.11 Å². The fourth-order valence-corrected chi connectivity index (χ4v) is 3.73. The first-order valence-electron chi connectivity index (χ1n) is 9.07. The van der Waals surface area contributed by atoms with Crippen molar-refractivity contribution in [2.45, 2.75) is 18.9 Å². The quantitative estimate of drug-likeness (QED) is 0.638. The number of hydrogen-bond acceptors (Lipinski definition) is 5. The van der Waals surface area contributed by atoms with E-state index in [1.807, 2.05) is 53.1 Å². The van der Waals surface area contributed by atoms with Gasteiger partial charge in [0.15, 0.2) is 0 Å². The van der Waals surface area contributed by atoms with Crippen molar-refractivity contribution in [3.63, 3.8) is 0 Å². The van der Waals surface area contributed by atoms with Gasteiger partial charge >= 0.3 is 5.97 Å². The lowest BCUT2D eigenvalue weighted by Crippen LogP contribution is -2.25. The molecule has 4 rings (SSSR count). The monoisotopic (exact) mass is 379 g/mol. The van der Waals surface area contributed by atoms with Crippen molar-refractivity contribution in [3.8, 4) is 5.75 Å². The van der Waals surface area contributed by atoms with Crippen molar-refractivity contribution in [1.29, 1.82) is 0 Å². The second-order valence-electron chi connectivity index (χ2n) is 6.70. The average Bonchev–Trinajstić information content (AvgIpc) is 3.28. The number of esters is 1. The summed E-state index contributed by atoms with van der Waals surface area (Å²) in [5, 5.41) is 0. The van der Waals surface area contributed by atoms with Crippen LogP contribution in [-0.4, -0.2) is 42.2 Å². The molecule has 1 aromatic heterocycles. The van der Waals surface area contributed by atoms with Gasteiger partial charge in [0.05, 0.1) is 30.9 Å². The van der Waals surface area contributed by atoms with Crippen LogP contribution in [0.5, 0.6) is 5.75 Å². The van der Waals surface area contributed by atoms with Gasteiger partial charge in [-0.25, -0.2) is 4.98 Å². The molecule has 1 aliphatic rings. The van der Waals surface area contributed by atoms with Gasteiger partial charge in [-0.3, -0.25) is 9.59 Å². The molecule has 7 heteroatoms. The number of nitrogens with zero attached hydrogens (tertiary/aromatic N) is 3. The van der Waals surface area contributed by atoms with E-state index in [1.54, 1.807) is 12.0 Å². The number of para-hydroxylation sites is 4. The van der Waals surface area contributed by atoms with Gasteiger partial charge in [-0.1, -0.05) is 24.3 Å². The van der Waals surface area contributed by atoms with Crippen LogP contribution in [0.4, 0.5) is 5.69 Å². The van der Waals surface area contributed by atoms with E-state index in [9.17, 15) is 9.59 Å². The number of benzene rings is 2. The summed E-state index contributed by atoms with van der Waals surface area (Å²) < 4.78 is 12.1. The second-order valence-corrected chi connectivity index (χ2v) is 6.70. The zero-order chi connectivity index (χ0) is 19.7. The Kier molecular flexibility index (Phi) is 4.73. The third kappa shape index (κ3) is 3.09. The fraction of sp³-hybridized carbons (Fsp3) is 0.286. The lowest BCUT2D eigenvalue weighted by Gasteiger charge is -2.19. The number of rotatable bonds is 5. The highest BCUT2D eigenvalue weighted by Crippen LogP contribution is 2.37. The molecule has 0 spiro atoms. The van der Waals surface area contributed by atoms with Crippen LogP contribution in [0, 0.1) is 0 Å². The molecule has 0 aliphatic carbocycles. The Hall–Kier alpha value is -3.35. The number of carbonyl (C=O) groups excluding carboxylic acids is 2. The van der Waals surface area contributed by atoms with Crippen LogP contribution in [-0.2, 0) is 20.9 Å². The van der Waals surface area contributed by atoms with Gasteiger partial charge in [0.2, 0.25) is 5.91 Å². The first-order valence-corrected chi connectivity index (χ1v) is 9.07. The number of ether oxygens (including phenoxy) is 2. The van der Waals surface area contributed by atoms with Crippen LogP contribution in [0.1, 0.15) is 18.2 Å². The molecule has 1 fully saturated rings. The lowest BCUT2D eigenvalue weighted by atomic mass is 10.1. The van der Waals surface area contributed by atoms with E-state index < -0.39 is 0 Å². The summed E-state index contributed by atoms with van der Waals surface area (Å²) in [5.74, 6) is 0.896. The molecule has 1 aliphatic heterocycles. The Balaban J connectivity index is 1.72. The zero-order valence-corrected chi connectivity index (χ0v) is 15.8.